The predicted octanol–water partition coefficient (Wildman–Crippen LogP) is 5.61. The fourth-order valence-electron chi connectivity index (χ4n) is 3.65. The Hall–Kier alpha value is -2.82. The molecule has 0 aliphatic rings. The topological polar surface area (TPSA) is 47.3 Å². The minimum absolute atomic E-state index is 0. The summed E-state index contributed by atoms with van der Waals surface area (Å²) in [5.74, 6) is 2.21. The van der Waals surface area contributed by atoms with Crippen LogP contribution in [0.15, 0.2) is 78.9 Å². The predicted molar refractivity (Wildman–Crippen MR) is 128 cm³/mol. The third-order valence-electron chi connectivity index (χ3n) is 5.32. The molecule has 162 valence electrons. The second-order valence-corrected chi connectivity index (χ2v) is 7.98. The Labute approximate surface area is 189 Å². The summed E-state index contributed by atoms with van der Waals surface area (Å²) in [6, 6.07) is 26.4. The molecule has 0 fully saturated rings. The number of fused-ring (bicyclic) bond motifs is 1. The van der Waals surface area contributed by atoms with Gasteiger partial charge in [-0.25, -0.2) is 4.98 Å². The molecular weight excluding hydrogens is 408 g/mol. The molecule has 4 rings (SSSR count). The molecule has 1 N–H and O–H groups in total. The Morgan fingerprint density at radius 1 is 0.903 bits per heavy atom. The molecule has 31 heavy (non-hydrogen) atoms. The van der Waals surface area contributed by atoms with Gasteiger partial charge in [0.1, 0.15) is 24.3 Å². The molecule has 1 unspecified atom stereocenters. The molecule has 0 amide bonds. The highest BCUT2D eigenvalue weighted by molar-refractivity contribution is 5.85. The molecule has 5 heteroatoms. The average Bonchev–Trinajstić information content (AvgIpc) is 3.10. The summed E-state index contributed by atoms with van der Waals surface area (Å²) in [6.45, 7) is 5.01. The Bertz CT molecular complexity index is 1090. The molecule has 0 spiro atoms. The maximum atomic E-state index is 10.7. The normalized spacial score (nSPS) is 12.0. The Morgan fingerprint density at radius 2 is 1.58 bits per heavy atom. The van der Waals surface area contributed by atoms with Crippen LogP contribution in [0.5, 0.6) is 5.75 Å². The minimum Gasteiger partial charge on any atom is -0.491 e. The number of para-hydroxylation sites is 2. The van der Waals surface area contributed by atoms with Crippen LogP contribution in [0.1, 0.15) is 36.7 Å². The second kappa shape index (κ2) is 10.5. The number of nitrogens with zero attached hydrogens (tertiary/aromatic N) is 2. The van der Waals surface area contributed by atoms with Crippen molar-refractivity contribution in [3.8, 4) is 5.75 Å². The maximum absolute atomic E-state index is 10.7. The fourth-order valence-corrected chi connectivity index (χ4v) is 3.65. The molecule has 3 aromatic carbocycles. The first kappa shape index (κ1) is 22.9. The maximum Gasteiger partial charge on any atom is 0.119 e. The number of imidazole rings is 1. The van der Waals surface area contributed by atoms with E-state index in [2.05, 4.69) is 48.7 Å². The first-order valence-corrected chi connectivity index (χ1v) is 10.5. The molecule has 0 bridgehead atoms. The number of aliphatic hydroxyl groups is 1. The summed E-state index contributed by atoms with van der Waals surface area (Å²) >= 11 is 0. The second-order valence-electron chi connectivity index (χ2n) is 7.98. The lowest BCUT2D eigenvalue weighted by molar-refractivity contribution is 0.0928. The van der Waals surface area contributed by atoms with Crippen LogP contribution in [0.2, 0.25) is 0 Å². The third kappa shape index (κ3) is 5.66. The number of hydrogen-bond donors (Lipinski definition) is 1. The van der Waals surface area contributed by atoms with Crippen molar-refractivity contribution in [2.45, 2.75) is 38.8 Å². The van der Waals surface area contributed by atoms with E-state index in [1.807, 2.05) is 48.5 Å². The number of halogens is 1. The van der Waals surface area contributed by atoms with E-state index in [9.17, 15) is 5.11 Å². The summed E-state index contributed by atoms with van der Waals surface area (Å²) in [4.78, 5) is 4.82. The van der Waals surface area contributed by atoms with Crippen molar-refractivity contribution in [2.24, 2.45) is 0 Å². The Balaban J connectivity index is 0.00000272. The van der Waals surface area contributed by atoms with Gasteiger partial charge >= 0.3 is 0 Å². The average molecular weight is 437 g/mol. The summed E-state index contributed by atoms with van der Waals surface area (Å²) in [6.07, 6.45) is 0.0849. The van der Waals surface area contributed by atoms with Gasteiger partial charge in [0, 0.05) is 6.42 Å². The van der Waals surface area contributed by atoms with Gasteiger partial charge in [0.25, 0.3) is 0 Å². The first-order chi connectivity index (χ1) is 14.6. The highest BCUT2D eigenvalue weighted by Crippen LogP contribution is 2.21. The van der Waals surface area contributed by atoms with Gasteiger partial charge in [-0.05, 0) is 41.3 Å². The Morgan fingerprint density at radius 3 is 2.29 bits per heavy atom. The highest BCUT2D eigenvalue weighted by Gasteiger charge is 2.15. The molecule has 0 saturated carbocycles. The van der Waals surface area contributed by atoms with Gasteiger partial charge < -0.3 is 14.4 Å². The monoisotopic (exact) mass is 436 g/mol. The SMILES string of the molecule is CC(C)c1ccc(OCC(O)Cn2c(Cc3ccccc3)nc3ccccc32)cc1.Cl. The van der Waals surface area contributed by atoms with Crippen LogP contribution in [0.3, 0.4) is 0 Å². The van der Waals surface area contributed by atoms with Crippen molar-refractivity contribution in [3.05, 3.63) is 95.8 Å². The lowest BCUT2D eigenvalue weighted by Crippen LogP contribution is -2.24. The van der Waals surface area contributed by atoms with Gasteiger partial charge in [-0.2, -0.15) is 0 Å². The minimum atomic E-state index is -0.637. The molecule has 0 aliphatic carbocycles. The van der Waals surface area contributed by atoms with Crippen LogP contribution >= 0.6 is 12.4 Å². The molecule has 1 atom stereocenters. The number of hydrogen-bond acceptors (Lipinski definition) is 3. The number of benzene rings is 3. The highest BCUT2D eigenvalue weighted by atomic mass is 35.5. The number of ether oxygens (including phenoxy) is 1. The van der Waals surface area contributed by atoms with Crippen LogP contribution < -0.4 is 4.74 Å². The summed E-state index contributed by atoms with van der Waals surface area (Å²) in [5.41, 5.74) is 4.45. The lowest BCUT2D eigenvalue weighted by atomic mass is 10.0. The number of rotatable bonds is 8. The van der Waals surface area contributed by atoms with Crippen molar-refractivity contribution >= 4 is 23.4 Å². The molecule has 1 aromatic heterocycles. The van der Waals surface area contributed by atoms with Crippen LogP contribution in [0.4, 0.5) is 0 Å². The molecule has 0 saturated heterocycles. The van der Waals surface area contributed by atoms with E-state index in [0.29, 0.717) is 12.5 Å². The van der Waals surface area contributed by atoms with Crippen molar-refractivity contribution in [2.75, 3.05) is 6.61 Å². The van der Waals surface area contributed by atoms with Gasteiger partial charge in [-0.3, -0.25) is 0 Å². The van der Waals surface area contributed by atoms with E-state index in [0.717, 1.165) is 29.0 Å². The first-order valence-electron chi connectivity index (χ1n) is 10.5. The molecule has 0 aliphatic heterocycles. The van der Waals surface area contributed by atoms with E-state index in [1.54, 1.807) is 0 Å². The summed E-state index contributed by atoms with van der Waals surface area (Å²) < 4.78 is 7.95. The van der Waals surface area contributed by atoms with Crippen molar-refractivity contribution in [1.82, 2.24) is 9.55 Å². The summed E-state index contributed by atoms with van der Waals surface area (Å²) in [5, 5.41) is 10.7. The van der Waals surface area contributed by atoms with Crippen molar-refractivity contribution < 1.29 is 9.84 Å². The van der Waals surface area contributed by atoms with Gasteiger partial charge in [0.2, 0.25) is 0 Å². The van der Waals surface area contributed by atoms with Crippen molar-refractivity contribution in [3.63, 3.8) is 0 Å². The van der Waals surface area contributed by atoms with E-state index >= 15 is 0 Å². The van der Waals surface area contributed by atoms with Gasteiger partial charge in [-0.15, -0.1) is 12.4 Å². The molecular formula is C26H29ClN2O2. The van der Waals surface area contributed by atoms with Gasteiger partial charge in [0.15, 0.2) is 0 Å². The zero-order chi connectivity index (χ0) is 20.9. The summed E-state index contributed by atoms with van der Waals surface area (Å²) in [7, 11) is 0. The van der Waals surface area contributed by atoms with Crippen LogP contribution in [-0.2, 0) is 13.0 Å². The van der Waals surface area contributed by atoms with E-state index < -0.39 is 6.10 Å². The molecule has 4 aromatic rings. The smallest absolute Gasteiger partial charge is 0.119 e. The van der Waals surface area contributed by atoms with E-state index in [4.69, 9.17) is 9.72 Å². The largest absolute Gasteiger partial charge is 0.491 e. The zero-order valence-corrected chi connectivity index (χ0v) is 18.8. The van der Waals surface area contributed by atoms with Crippen molar-refractivity contribution in [1.29, 1.82) is 0 Å². The fraction of sp³-hybridized carbons (Fsp3) is 0.269. The standard InChI is InChI=1S/C26H28N2O2.ClH/c1-19(2)21-12-14-23(15-13-21)30-18-22(29)17-28-25-11-7-6-10-24(25)27-26(28)16-20-8-4-3-5-9-20;/h3-15,19,22,29H,16-18H2,1-2H3;1H. The number of aromatic nitrogens is 2. The third-order valence-corrected chi connectivity index (χ3v) is 5.32. The lowest BCUT2D eigenvalue weighted by Gasteiger charge is -2.16. The quantitative estimate of drug-likeness (QED) is 0.390. The van der Waals surface area contributed by atoms with E-state index in [1.165, 1.54) is 11.1 Å². The molecule has 4 nitrogen and oxygen atoms in total. The zero-order valence-electron chi connectivity index (χ0n) is 17.9. The molecule has 0 radical (unpaired) electrons. The van der Waals surface area contributed by atoms with E-state index in [-0.39, 0.29) is 19.0 Å². The Kier molecular flexibility index (Phi) is 7.72. The van der Waals surface area contributed by atoms with Crippen LogP contribution in [-0.4, -0.2) is 27.4 Å². The van der Waals surface area contributed by atoms with Crippen LogP contribution in [0.25, 0.3) is 11.0 Å². The molecule has 1 heterocycles. The van der Waals surface area contributed by atoms with Gasteiger partial charge in [-0.1, -0.05) is 68.4 Å². The van der Waals surface area contributed by atoms with Gasteiger partial charge in [0.05, 0.1) is 17.6 Å². The van der Waals surface area contributed by atoms with Crippen LogP contribution in [0, 0.1) is 0 Å². The number of aliphatic hydroxyl groups excluding tert-OH is 1.